The first-order valence-corrected chi connectivity index (χ1v) is 12.6. The predicted molar refractivity (Wildman–Crippen MR) is 84.4 cm³/mol. The van der Waals surface area contributed by atoms with E-state index in [9.17, 15) is 16.8 Å². The van der Waals surface area contributed by atoms with Gasteiger partial charge in [0.05, 0.1) is 0 Å². The lowest BCUT2D eigenvalue weighted by atomic mass is 10.3. The van der Waals surface area contributed by atoms with E-state index < -0.39 is 51.6 Å². The van der Waals surface area contributed by atoms with E-state index in [0.717, 1.165) is 0 Å². The van der Waals surface area contributed by atoms with Gasteiger partial charge in [0.1, 0.15) is 13.2 Å². The second kappa shape index (κ2) is 7.82. The fourth-order valence-electron chi connectivity index (χ4n) is 0.821. The number of alkyl halides is 4. The summed E-state index contributed by atoms with van der Waals surface area (Å²) < 4.78 is 52.9. The molecular weight excluding hydrogens is 430 g/mol. The van der Waals surface area contributed by atoms with E-state index in [-0.39, 0.29) is 0 Å². The summed E-state index contributed by atoms with van der Waals surface area (Å²) in [6.07, 6.45) is 0. The number of thiol groups is 1. The zero-order valence-electron chi connectivity index (χ0n) is 11.1. The van der Waals surface area contributed by atoms with Gasteiger partial charge in [-0.1, -0.05) is 46.4 Å². The van der Waals surface area contributed by atoms with Crippen molar-refractivity contribution in [3.63, 3.8) is 0 Å². The minimum absolute atomic E-state index is 0.792. The molecule has 0 radical (unpaired) electrons. The van der Waals surface area contributed by atoms with Gasteiger partial charge < -0.3 is 0 Å². The maximum atomic E-state index is 11.5. The second-order valence-electron chi connectivity index (χ2n) is 4.77. The summed E-state index contributed by atoms with van der Waals surface area (Å²) in [4.78, 5) is 0. The van der Waals surface area contributed by atoms with Crippen LogP contribution >= 0.6 is 46.4 Å². The lowest BCUT2D eigenvalue weighted by Crippen LogP contribution is -2.45. The minimum atomic E-state index is -4.35. The number of rotatable bonds is 9. The highest BCUT2D eigenvalue weighted by atomic mass is 35.5. The van der Waals surface area contributed by atoms with E-state index in [4.69, 9.17) is 50.3 Å². The molecule has 0 heterocycles. The predicted octanol–water partition coefficient (Wildman–Crippen LogP) is 1.99. The van der Waals surface area contributed by atoms with Crippen LogP contribution in [0.3, 0.4) is 0 Å². The van der Waals surface area contributed by atoms with Crippen molar-refractivity contribution < 1.29 is 29.1 Å². The van der Waals surface area contributed by atoms with Crippen LogP contribution < -0.4 is 0 Å². The summed E-state index contributed by atoms with van der Waals surface area (Å²) in [5.41, 5.74) is 0. The van der Waals surface area contributed by atoms with Crippen molar-refractivity contribution in [2.24, 2.45) is 0 Å². The molecule has 0 fully saturated rings. The van der Waals surface area contributed by atoms with Crippen LogP contribution in [0.15, 0.2) is 0 Å². The largest absolute Gasteiger partial charge is 0.390 e. The lowest BCUT2D eigenvalue weighted by molar-refractivity contribution is 0.235. The van der Waals surface area contributed by atoms with E-state index in [0.29, 0.717) is 0 Å². The Kier molecular flexibility index (Phi) is 8.25. The number of hydrogen-bond donors (Lipinski definition) is 1. The molecule has 0 spiro atoms. The molecule has 0 amide bonds. The molecule has 14 heteroatoms. The number of halogens is 4. The Labute approximate surface area is 146 Å². The molecule has 0 aliphatic heterocycles. The van der Waals surface area contributed by atoms with Gasteiger partial charge in [0, 0.05) is 0 Å². The monoisotopic (exact) mass is 442 g/mol. The first kappa shape index (κ1) is 22.2. The Morgan fingerprint density at radius 2 is 1.43 bits per heavy atom. The van der Waals surface area contributed by atoms with Crippen LogP contribution in [0.2, 0.25) is 19.6 Å². The normalized spacial score (nSPS) is 14.7. The average Bonchev–Trinajstić information content (AvgIpc) is 2.20. The van der Waals surface area contributed by atoms with E-state index in [2.05, 4.69) is 8.37 Å². The molecule has 0 aliphatic carbocycles. The summed E-state index contributed by atoms with van der Waals surface area (Å²) in [6.45, 7) is 3.20. The average molecular weight is 444 g/mol. The molecule has 0 N–H and O–H groups in total. The highest BCUT2D eigenvalue weighted by molar-refractivity contribution is 7.83. The van der Waals surface area contributed by atoms with Crippen LogP contribution in [0.25, 0.3) is 0 Å². The molecule has 0 aromatic carbocycles. The van der Waals surface area contributed by atoms with Gasteiger partial charge in [-0.2, -0.15) is 8.42 Å². The van der Waals surface area contributed by atoms with Gasteiger partial charge in [-0.05, 0) is 19.6 Å². The van der Waals surface area contributed by atoms with Gasteiger partial charge in [-0.25, -0.2) is 12.6 Å². The summed E-state index contributed by atoms with van der Waals surface area (Å²) in [5, 5.41) is 0. The van der Waals surface area contributed by atoms with Crippen molar-refractivity contribution in [1.29, 1.82) is 0 Å². The van der Waals surface area contributed by atoms with Crippen molar-refractivity contribution in [2.75, 3.05) is 13.2 Å². The molecule has 0 aromatic heterocycles. The maximum Gasteiger partial charge on any atom is 0.390 e. The van der Waals surface area contributed by atoms with Crippen molar-refractivity contribution in [2.45, 2.75) is 28.3 Å². The van der Waals surface area contributed by atoms with E-state index in [1.54, 1.807) is 19.6 Å². The lowest BCUT2D eigenvalue weighted by Gasteiger charge is -2.31. The Balaban J connectivity index is 4.81. The van der Waals surface area contributed by atoms with Gasteiger partial charge in [-0.3, -0.25) is 8.06 Å². The Morgan fingerprint density at radius 3 is 1.81 bits per heavy atom. The summed E-state index contributed by atoms with van der Waals surface area (Å²) in [5.74, 6) is 0. The smallest absolute Gasteiger partial charge is 0.294 e. The van der Waals surface area contributed by atoms with Crippen molar-refractivity contribution >= 4 is 76.1 Å². The van der Waals surface area contributed by atoms with Gasteiger partial charge in [0.15, 0.2) is 8.67 Å². The van der Waals surface area contributed by atoms with Crippen molar-refractivity contribution in [1.82, 2.24) is 0 Å². The van der Waals surface area contributed by atoms with Crippen LogP contribution in [-0.4, -0.2) is 47.0 Å². The fraction of sp³-hybridized carbons (Fsp3) is 1.00. The van der Waals surface area contributed by atoms with Gasteiger partial charge in [0.25, 0.3) is 11.0 Å². The molecule has 0 atom stereocenters. The molecular formula is C7H14Cl4O7S2Si. The van der Waals surface area contributed by atoms with Gasteiger partial charge in [-0.15, -0.1) is 0 Å². The first-order valence-electron chi connectivity index (χ1n) is 5.21. The Hall–Kier alpha value is 1.16. The van der Waals surface area contributed by atoms with Crippen LogP contribution in [0.4, 0.5) is 0 Å². The molecule has 7 nitrogen and oxygen atoms in total. The van der Waals surface area contributed by atoms with Crippen LogP contribution in [0.1, 0.15) is 0 Å². The zero-order valence-corrected chi connectivity index (χ0v) is 16.9. The molecule has 0 saturated carbocycles. The molecule has 21 heavy (non-hydrogen) atoms. The summed E-state index contributed by atoms with van der Waals surface area (Å²) in [6, 6.07) is 0. The minimum Gasteiger partial charge on any atom is -0.294 e. The molecule has 128 valence electrons. The summed E-state index contributed by atoms with van der Waals surface area (Å²) >= 11 is 23.0. The molecule has 0 aliphatic rings. The topological polar surface area (TPSA) is 96.0 Å². The van der Waals surface area contributed by atoms with E-state index >= 15 is 0 Å². The highest BCUT2D eigenvalue weighted by Crippen LogP contribution is 2.43. The molecule has 0 aromatic rings. The molecule has 0 bridgehead atoms. The Morgan fingerprint density at radius 1 is 1.00 bits per heavy atom. The fourth-order valence-corrected chi connectivity index (χ4v) is 4.80. The standard InChI is InChI=1S/C7H14Cl4O7S2Si/c1-21(2,3)18-20(14,15)17-5-7(10,11)6(8,9)4-16-19(12)13/h19H,4-5H2,1-3H3. The first-order chi connectivity index (χ1) is 9.08. The molecule has 0 unspecified atom stereocenters. The third-order valence-corrected chi connectivity index (χ3v) is 7.30. The maximum absolute atomic E-state index is 11.5. The van der Waals surface area contributed by atoms with Crippen molar-refractivity contribution in [3.8, 4) is 0 Å². The van der Waals surface area contributed by atoms with E-state index in [1.165, 1.54) is 0 Å². The number of hydrogen-bond acceptors (Lipinski definition) is 7. The third kappa shape index (κ3) is 9.13. The highest BCUT2D eigenvalue weighted by Gasteiger charge is 2.49. The second-order valence-corrected chi connectivity index (χ2v) is 14.4. The van der Waals surface area contributed by atoms with Crippen LogP contribution in [0, 0.1) is 0 Å². The Bertz CT molecular complexity index is 518. The quantitative estimate of drug-likeness (QED) is 0.330. The zero-order chi connectivity index (χ0) is 17.1. The summed E-state index contributed by atoms with van der Waals surface area (Å²) in [7, 11) is -10.0. The SMILES string of the molecule is C[Si](C)(C)OS(=O)(=O)OCC(Cl)(Cl)C(Cl)(Cl)CO[SH](=O)=O. The molecule has 0 saturated heterocycles. The van der Waals surface area contributed by atoms with Gasteiger partial charge >= 0.3 is 10.4 Å². The van der Waals surface area contributed by atoms with Crippen molar-refractivity contribution in [3.05, 3.63) is 0 Å². The van der Waals surface area contributed by atoms with Crippen LogP contribution in [-0.2, 0) is 33.6 Å². The van der Waals surface area contributed by atoms with Gasteiger partial charge in [0.2, 0.25) is 8.32 Å². The third-order valence-electron chi connectivity index (χ3n) is 1.62. The molecule has 0 rings (SSSR count). The van der Waals surface area contributed by atoms with Crippen LogP contribution in [0.5, 0.6) is 0 Å². The van der Waals surface area contributed by atoms with E-state index in [1.807, 2.05) is 0 Å².